The van der Waals surface area contributed by atoms with Gasteiger partial charge in [-0.15, -0.1) is 0 Å². The van der Waals surface area contributed by atoms with Crippen LogP contribution in [-0.4, -0.2) is 41.7 Å². The van der Waals surface area contributed by atoms with E-state index in [-0.39, 0.29) is 23.5 Å². The minimum Gasteiger partial charge on any atom is -0.454 e. The highest BCUT2D eigenvalue weighted by molar-refractivity contribution is 5.93. The highest BCUT2D eigenvalue weighted by Gasteiger charge is 2.73. The van der Waals surface area contributed by atoms with Crippen molar-refractivity contribution in [3.8, 4) is 11.5 Å². The molecule has 2 unspecified atom stereocenters. The second-order valence-corrected chi connectivity index (χ2v) is 8.68. The Morgan fingerprint density at radius 3 is 2.15 bits per heavy atom. The molecular weight excluding hydrogens is 330 g/mol. The van der Waals surface area contributed by atoms with Crippen LogP contribution >= 0.6 is 0 Å². The highest BCUT2D eigenvalue weighted by Crippen LogP contribution is 2.70. The number of nitrogens with zero attached hydrogens (tertiary/aromatic N) is 3. The van der Waals surface area contributed by atoms with Crippen LogP contribution in [0.2, 0.25) is 0 Å². The molecule has 1 aromatic heterocycles. The van der Waals surface area contributed by atoms with E-state index in [4.69, 9.17) is 19.4 Å². The molecule has 2 aliphatic carbocycles. The number of aromatic nitrogens is 2. The second-order valence-electron chi connectivity index (χ2n) is 8.68. The predicted octanol–water partition coefficient (Wildman–Crippen LogP) is 2.78. The molecule has 0 spiro atoms. The largest absolute Gasteiger partial charge is 0.454 e. The fraction of sp³-hybridized carbons (Fsp3) is 0.550. The minimum absolute atomic E-state index is 0.124. The van der Waals surface area contributed by atoms with Gasteiger partial charge in [0.25, 0.3) is 0 Å². The summed E-state index contributed by atoms with van der Waals surface area (Å²) in [4.78, 5) is 25.1. The van der Waals surface area contributed by atoms with Gasteiger partial charge < -0.3 is 14.4 Å². The van der Waals surface area contributed by atoms with Crippen molar-refractivity contribution in [3.63, 3.8) is 0 Å². The molecule has 1 aliphatic heterocycles. The zero-order chi connectivity index (χ0) is 18.5. The SMILES string of the molecule is CN(C)C(=O)C12CCC(C)(c3nc4cc5c(cc4nc31)OCO5)C2(C)C. The normalized spacial score (nSPS) is 29.9. The number of fused-ring (bicyclic) bond motifs is 7. The molecule has 2 atom stereocenters. The van der Waals surface area contributed by atoms with Crippen LogP contribution in [0.1, 0.15) is 45.0 Å². The first kappa shape index (κ1) is 15.9. The molecule has 26 heavy (non-hydrogen) atoms. The van der Waals surface area contributed by atoms with Crippen LogP contribution in [0.25, 0.3) is 11.0 Å². The standard InChI is InChI=1S/C20H23N3O3/c1-18(2)19(3)6-7-20(18,17(24)23(4)5)16-15(19)21-11-8-13-14(26-10-25-13)9-12(11)22-16/h8-9H,6-7,10H2,1-5H3. The molecule has 5 rings (SSSR count). The molecule has 0 saturated heterocycles. The van der Waals surface area contributed by atoms with Crippen molar-refractivity contribution in [1.82, 2.24) is 14.9 Å². The van der Waals surface area contributed by atoms with Crippen molar-refractivity contribution in [2.45, 2.75) is 44.4 Å². The van der Waals surface area contributed by atoms with Gasteiger partial charge >= 0.3 is 0 Å². The number of hydrogen-bond donors (Lipinski definition) is 0. The Labute approximate surface area is 152 Å². The molecule has 1 aromatic carbocycles. The number of carbonyl (C=O) groups excluding carboxylic acids is 1. The van der Waals surface area contributed by atoms with Gasteiger partial charge in [0.2, 0.25) is 12.7 Å². The summed E-state index contributed by atoms with van der Waals surface area (Å²) in [6.07, 6.45) is 1.75. The number of rotatable bonds is 1. The summed E-state index contributed by atoms with van der Waals surface area (Å²) in [5, 5.41) is 0. The summed E-state index contributed by atoms with van der Waals surface area (Å²) in [7, 11) is 3.65. The van der Waals surface area contributed by atoms with Gasteiger partial charge in [0.1, 0.15) is 0 Å². The molecule has 6 heteroatoms. The van der Waals surface area contributed by atoms with Gasteiger partial charge in [-0.1, -0.05) is 20.8 Å². The zero-order valence-electron chi connectivity index (χ0n) is 15.8. The summed E-state index contributed by atoms with van der Waals surface area (Å²) in [6, 6.07) is 3.77. The molecule has 3 aliphatic rings. The summed E-state index contributed by atoms with van der Waals surface area (Å²) in [6.45, 7) is 6.85. The average Bonchev–Trinajstić information content (AvgIpc) is 3.16. The van der Waals surface area contributed by atoms with Crippen LogP contribution in [0.3, 0.4) is 0 Å². The number of likely N-dealkylation sites (N-methyl/N-ethyl adjacent to an activating group) is 1. The van der Waals surface area contributed by atoms with E-state index in [9.17, 15) is 4.79 Å². The molecular formula is C20H23N3O3. The zero-order valence-corrected chi connectivity index (χ0v) is 15.8. The number of amides is 1. The van der Waals surface area contributed by atoms with Crippen molar-refractivity contribution in [3.05, 3.63) is 23.5 Å². The van der Waals surface area contributed by atoms with E-state index < -0.39 is 5.41 Å². The molecule has 2 bridgehead atoms. The topological polar surface area (TPSA) is 64.6 Å². The van der Waals surface area contributed by atoms with E-state index in [1.807, 2.05) is 26.2 Å². The molecule has 2 aromatic rings. The third-order valence-electron chi connectivity index (χ3n) is 7.30. The minimum atomic E-state index is -0.627. The summed E-state index contributed by atoms with van der Waals surface area (Å²) in [5.41, 5.74) is 2.31. The van der Waals surface area contributed by atoms with Gasteiger partial charge in [-0.05, 0) is 18.3 Å². The third-order valence-corrected chi connectivity index (χ3v) is 7.30. The molecule has 136 valence electrons. The number of hydrogen-bond acceptors (Lipinski definition) is 5. The second kappa shape index (κ2) is 4.48. The molecule has 2 heterocycles. The van der Waals surface area contributed by atoms with Gasteiger partial charge in [-0.3, -0.25) is 4.79 Å². The number of benzene rings is 1. The lowest BCUT2D eigenvalue weighted by Crippen LogP contribution is -2.50. The lowest BCUT2D eigenvalue weighted by Gasteiger charge is -2.40. The van der Waals surface area contributed by atoms with E-state index >= 15 is 0 Å². The van der Waals surface area contributed by atoms with Crippen LogP contribution in [0.5, 0.6) is 11.5 Å². The van der Waals surface area contributed by atoms with E-state index in [1.54, 1.807) is 4.90 Å². The fourth-order valence-corrected chi connectivity index (χ4v) is 5.35. The van der Waals surface area contributed by atoms with Crippen LogP contribution < -0.4 is 9.47 Å². The Morgan fingerprint density at radius 1 is 1.00 bits per heavy atom. The van der Waals surface area contributed by atoms with Gasteiger partial charge in [0, 0.05) is 31.6 Å². The Hall–Kier alpha value is -2.37. The maximum absolute atomic E-state index is 13.4. The van der Waals surface area contributed by atoms with Crippen LogP contribution in [0, 0.1) is 5.41 Å². The molecule has 0 N–H and O–H groups in total. The molecule has 1 amide bonds. The molecule has 0 radical (unpaired) electrons. The summed E-state index contributed by atoms with van der Waals surface area (Å²) < 4.78 is 11.0. The molecule has 6 nitrogen and oxygen atoms in total. The van der Waals surface area contributed by atoms with Crippen molar-refractivity contribution < 1.29 is 14.3 Å². The van der Waals surface area contributed by atoms with Gasteiger partial charge in [0.15, 0.2) is 11.5 Å². The fourth-order valence-electron chi connectivity index (χ4n) is 5.35. The molecule has 1 fully saturated rings. The Bertz CT molecular complexity index is 984. The van der Waals surface area contributed by atoms with Crippen molar-refractivity contribution in [1.29, 1.82) is 0 Å². The Kier molecular flexibility index (Phi) is 2.73. The van der Waals surface area contributed by atoms with E-state index in [0.717, 1.165) is 35.3 Å². The van der Waals surface area contributed by atoms with Crippen molar-refractivity contribution in [2.75, 3.05) is 20.9 Å². The predicted molar refractivity (Wildman–Crippen MR) is 96.4 cm³/mol. The van der Waals surface area contributed by atoms with Gasteiger partial charge in [-0.25, -0.2) is 9.97 Å². The maximum atomic E-state index is 13.4. The Morgan fingerprint density at radius 2 is 1.58 bits per heavy atom. The van der Waals surface area contributed by atoms with E-state index in [2.05, 4.69) is 20.8 Å². The Balaban J connectivity index is 1.84. The van der Waals surface area contributed by atoms with Crippen LogP contribution in [0.15, 0.2) is 12.1 Å². The average molecular weight is 353 g/mol. The first-order valence-electron chi connectivity index (χ1n) is 9.06. The monoisotopic (exact) mass is 353 g/mol. The highest BCUT2D eigenvalue weighted by atomic mass is 16.7. The lowest BCUT2D eigenvalue weighted by atomic mass is 9.63. The van der Waals surface area contributed by atoms with Crippen LogP contribution in [-0.2, 0) is 15.6 Å². The van der Waals surface area contributed by atoms with Gasteiger partial charge in [-0.2, -0.15) is 0 Å². The van der Waals surface area contributed by atoms with Crippen LogP contribution in [0.4, 0.5) is 0 Å². The summed E-state index contributed by atoms with van der Waals surface area (Å²) in [5.74, 6) is 1.52. The first-order chi connectivity index (χ1) is 12.2. The smallest absolute Gasteiger partial charge is 0.234 e. The molecule has 1 saturated carbocycles. The third kappa shape index (κ3) is 1.49. The summed E-state index contributed by atoms with van der Waals surface area (Å²) >= 11 is 0. The van der Waals surface area contributed by atoms with Crippen molar-refractivity contribution in [2.24, 2.45) is 5.41 Å². The number of ether oxygens (including phenoxy) is 2. The number of carbonyl (C=O) groups is 1. The van der Waals surface area contributed by atoms with E-state index in [1.165, 1.54) is 0 Å². The van der Waals surface area contributed by atoms with E-state index in [0.29, 0.717) is 11.5 Å². The lowest BCUT2D eigenvalue weighted by molar-refractivity contribution is -0.138. The van der Waals surface area contributed by atoms with Gasteiger partial charge in [0.05, 0.1) is 27.8 Å². The quantitative estimate of drug-likeness (QED) is 0.789. The first-order valence-corrected chi connectivity index (χ1v) is 9.06. The van der Waals surface area contributed by atoms with Crippen molar-refractivity contribution >= 4 is 16.9 Å². The maximum Gasteiger partial charge on any atom is 0.234 e.